The fourth-order valence-electron chi connectivity index (χ4n) is 3.68. The van der Waals surface area contributed by atoms with E-state index in [0.29, 0.717) is 12.0 Å². The summed E-state index contributed by atoms with van der Waals surface area (Å²) in [5.74, 6) is 1.27. The molecule has 0 heterocycles. The van der Waals surface area contributed by atoms with E-state index in [4.69, 9.17) is 5.73 Å². The van der Waals surface area contributed by atoms with Crippen LogP contribution in [0.2, 0.25) is 0 Å². The summed E-state index contributed by atoms with van der Waals surface area (Å²) >= 11 is 0. The molecular weight excluding hydrogens is 263 g/mol. The van der Waals surface area contributed by atoms with Gasteiger partial charge in [0.05, 0.1) is 0 Å². The third kappa shape index (κ3) is 5.08. The number of benzene rings is 1. The molecule has 0 bridgehead atoms. The molecule has 118 valence electrons. The summed E-state index contributed by atoms with van der Waals surface area (Å²) in [6.45, 7) is 4.07. The van der Waals surface area contributed by atoms with E-state index in [1.807, 2.05) is 6.07 Å². The van der Waals surface area contributed by atoms with Crippen molar-refractivity contribution in [3.05, 3.63) is 35.6 Å². The molecule has 1 aromatic carbocycles. The van der Waals surface area contributed by atoms with Crippen LogP contribution in [0.4, 0.5) is 4.39 Å². The Balaban J connectivity index is 1.87. The minimum atomic E-state index is -0.154. The quantitative estimate of drug-likeness (QED) is 0.864. The third-order valence-corrected chi connectivity index (χ3v) is 4.73. The van der Waals surface area contributed by atoms with Crippen molar-refractivity contribution in [3.63, 3.8) is 0 Å². The Morgan fingerprint density at radius 1 is 1.33 bits per heavy atom. The fraction of sp³-hybridized carbons (Fsp3) is 0.667. The van der Waals surface area contributed by atoms with Crippen molar-refractivity contribution in [2.24, 2.45) is 17.6 Å². The van der Waals surface area contributed by atoms with Gasteiger partial charge in [-0.25, -0.2) is 4.39 Å². The predicted octanol–water partition coefficient (Wildman–Crippen LogP) is 3.80. The molecule has 0 aromatic heterocycles. The lowest BCUT2D eigenvalue weighted by Crippen LogP contribution is -2.42. The van der Waals surface area contributed by atoms with E-state index >= 15 is 0 Å². The van der Waals surface area contributed by atoms with Gasteiger partial charge in [-0.15, -0.1) is 0 Å². The molecule has 3 atom stereocenters. The smallest absolute Gasteiger partial charge is 0.123 e. The summed E-state index contributed by atoms with van der Waals surface area (Å²) in [5.41, 5.74) is 7.35. The standard InChI is InChI=1S/C18H29FN2/c1-3-5-14-8-9-18(20)16(10-14)13-21(2)12-15-6-4-7-17(19)11-15/h4,6-7,11,14,16,18H,3,5,8-10,12-13,20H2,1-2H3. The molecule has 0 radical (unpaired) electrons. The molecule has 1 aliphatic rings. The molecule has 1 saturated carbocycles. The molecule has 0 aliphatic heterocycles. The van der Waals surface area contributed by atoms with Crippen molar-refractivity contribution in [3.8, 4) is 0 Å². The van der Waals surface area contributed by atoms with Crippen LogP contribution in [0.15, 0.2) is 24.3 Å². The van der Waals surface area contributed by atoms with Crippen molar-refractivity contribution >= 4 is 0 Å². The van der Waals surface area contributed by atoms with Crippen LogP contribution in [0.3, 0.4) is 0 Å². The van der Waals surface area contributed by atoms with Gasteiger partial charge < -0.3 is 10.6 Å². The largest absolute Gasteiger partial charge is 0.327 e. The highest BCUT2D eigenvalue weighted by molar-refractivity contribution is 5.16. The molecular formula is C18H29FN2. The minimum absolute atomic E-state index is 0.154. The Hall–Kier alpha value is -0.930. The summed E-state index contributed by atoms with van der Waals surface area (Å²) in [4.78, 5) is 2.29. The maximum atomic E-state index is 13.2. The summed E-state index contributed by atoms with van der Waals surface area (Å²) < 4.78 is 13.2. The Morgan fingerprint density at radius 3 is 2.86 bits per heavy atom. The SMILES string of the molecule is CCCC1CCC(N)C(CN(C)Cc2cccc(F)c2)C1. The number of nitrogens with zero attached hydrogens (tertiary/aromatic N) is 1. The van der Waals surface area contributed by atoms with E-state index in [9.17, 15) is 4.39 Å². The van der Waals surface area contributed by atoms with Crippen LogP contribution < -0.4 is 5.73 Å². The molecule has 3 unspecified atom stereocenters. The Morgan fingerprint density at radius 2 is 2.14 bits per heavy atom. The maximum Gasteiger partial charge on any atom is 0.123 e. The van der Waals surface area contributed by atoms with Crippen LogP contribution in [-0.4, -0.2) is 24.5 Å². The maximum absolute atomic E-state index is 13.2. The number of hydrogen-bond donors (Lipinski definition) is 1. The molecule has 3 heteroatoms. The minimum Gasteiger partial charge on any atom is -0.327 e. The predicted molar refractivity (Wildman–Crippen MR) is 86.4 cm³/mol. The summed E-state index contributed by atoms with van der Waals surface area (Å²) in [7, 11) is 2.11. The first kappa shape index (κ1) is 16.4. The van der Waals surface area contributed by atoms with Gasteiger partial charge in [0.15, 0.2) is 0 Å². The topological polar surface area (TPSA) is 29.3 Å². The zero-order valence-electron chi connectivity index (χ0n) is 13.4. The van der Waals surface area contributed by atoms with E-state index in [1.54, 1.807) is 12.1 Å². The second kappa shape index (κ2) is 7.90. The van der Waals surface area contributed by atoms with Crippen LogP contribution in [0.25, 0.3) is 0 Å². The van der Waals surface area contributed by atoms with Crippen LogP contribution in [0.5, 0.6) is 0 Å². The van der Waals surface area contributed by atoms with Gasteiger partial charge >= 0.3 is 0 Å². The molecule has 1 fully saturated rings. The fourth-order valence-corrected chi connectivity index (χ4v) is 3.68. The van der Waals surface area contributed by atoms with E-state index in [1.165, 1.54) is 31.7 Å². The number of nitrogens with two attached hydrogens (primary N) is 1. The molecule has 0 amide bonds. The van der Waals surface area contributed by atoms with Gasteiger partial charge in [-0.1, -0.05) is 31.9 Å². The van der Waals surface area contributed by atoms with Gasteiger partial charge in [0.1, 0.15) is 5.82 Å². The van der Waals surface area contributed by atoms with E-state index < -0.39 is 0 Å². The highest BCUT2D eigenvalue weighted by atomic mass is 19.1. The van der Waals surface area contributed by atoms with E-state index in [0.717, 1.165) is 31.0 Å². The molecule has 21 heavy (non-hydrogen) atoms. The van der Waals surface area contributed by atoms with Crippen molar-refractivity contribution in [2.75, 3.05) is 13.6 Å². The first-order chi connectivity index (χ1) is 10.1. The van der Waals surface area contributed by atoms with Crippen molar-refractivity contribution in [2.45, 2.75) is 51.6 Å². The average Bonchev–Trinajstić information content (AvgIpc) is 2.43. The van der Waals surface area contributed by atoms with Gasteiger partial charge in [0.25, 0.3) is 0 Å². The lowest BCUT2D eigenvalue weighted by Gasteiger charge is -2.36. The van der Waals surface area contributed by atoms with Crippen LogP contribution >= 0.6 is 0 Å². The zero-order chi connectivity index (χ0) is 15.2. The van der Waals surface area contributed by atoms with Crippen molar-refractivity contribution < 1.29 is 4.39 Å². The van der Waals surface area contributed by atoms with Crippen LogP contribution in [-0.2, 0) is 6.54 Å². The highest BCUT2D eigenvalue weighted by Gasteiger charge is 2.28. The van der Waals surface area contributed by atoms with Crippen molar-refractivity contribution in [1.29, 1.82) is 0 Å². The van der Waals surface area contributed by atoms with Gasteiger partial charge in [-0.05, 0) is 55.8 Å². The van der Waals surface area contributed by atoms with Crippen LogP contribution in [0, 0.1) is 17.7 Å². The molecule has 1 aliphatic carbocycles. The summed E-state index contributed by atoms with van der Waals surface area (Å²) in [5, 5.41) is 0. The molecule has 2 rings (SSSR count). The highest BCUT2D eigenvalue weighted by Crippen LogP contribution is 2.31. The number of rotatable bonds is 6. The average molecular weight is 292 g/mol. The van der Waals surface area contributed by atoms with Gasteiger partial charge in [-0.2, -0.15) is 0 Å². The number of halogens is 1. The van der Waals surface area contributed by atoms with Gasteiger partial charge in [-0.3, -0.25) is 0 Å². The zero-order valence-corrected chi connectivity index (χ0v) is 13.4. The van der Waals surface area contributed by atoms with E-state index in [-0.39, 0.29) is 5.82 Å². The Bertz CT molecular complexity index is 435. The Kier molecular flexibility index (Phi) is 6.19. The summed E-state index contributed by atoms with van der Waals surface area (Å²) in [6.07, 6.45) is 6.30. The molecule has 0 saturated heterocycles. The first-order valence-corrected chi connectivity index (χ1v) is 8.27. The second-order valence-electron chi connectivity index (χ2n) is 6.72. The molecule has 1 aromatic rings. The first-order valence-electron chi connectivity index (χ1n) is 8.27. The lowest BCUT2D eigenvalue weighted by molar-refractivity contribution is 0.165. The van der Waals surface area contributed by atoms with Gasteiger partial charge in [0.2, 0.25) is 0 Å². The normalized spacial score (nSPS) is 26.2. The monoisotopic (exact) mass is 292 g/mol. The van der Waals surface area contributed by atoms with Crippen molar-refractivity contribution in [1.82, 2.24) is 4.90 Å². The molecule has 0 spiro atoms. The lowest BCUT2D eigenvalue weighted by atomic mass is 9.76. The Labute approximate surface area is 128 Å². The summed E-state index contributed by atoms with van der Waals surface area (Å²) in [6, 6.07) is 7.21. The van der Waals surface area contributed by atoms with Crippen LogP contribution in [0.1, 0.15) is 44.6 Å². The second-order valence-corrected chi connectivity index (χ2v) is 6.72. The van der Waals surface area contributed by atoms with E-state index in [2.05, 4.69) is 18.9 Å². The molecule has 2 N–H and O–H groups in total. The third-order valence-electron chi connectivity index (χ3n) is 4.73. The molecule has 2 nitrogen and oxygen atoms in total. The number of hydrogen-bond acceptors (Lipinski definition) is 2. The van der Waals surface area contributed by atoms with Gasteiger partial charge in [0, 0.05) is 19.1 Å².